The third-order valence-corrected chi connectivity index (χ3v) is 4.52. The van der Waals surface area contributed by atoms with Crippen LogP contribution in [-0.2, 0) is 24.6 Å². The summed E-state index contributed by atoms with van der Waals surface area (Å²) in [6, 6.07) is 18.5. The Bertz CT molecular complexity index is 904. The first kappa shape index (κ1) is 18.9. The fraction of sp³-hybridized carbons (Fsp3) is 0.250. The van der Waals surface area contributed by atoms with E-state index in [0.717, 1.165) is 0 Å². The molecule has 0 N–H and O–H groups in total. The minimum absolute atomic E-state index is 0.0509. The summed E-state index contributed by atoms with van der Waals surface area (Å²) in [6.07, 6.45) is -1.13. The van der Waals surface area contributed by atoms with Gasteiger partial charge in [0.1, 0.15) is 12.1 Å². The number of carbonyl (C=O) groups is 1. The lowest BCUT2D eigenvalue weighted by atomic mass is 9.79. The van der Waals surface area contributed by atoms with E-state index in [2.05, 4.69) is 0 Å². The van der Waals surface area contributed by atoms with Gasteiger partial charge in [0.2, 0.25) is 5.60 Å². The molecule has 0 saturated carbocycles. The van der Waals surface area contributed by atoms with E-state index in [1.165, 1.54) is 0 Å². The maximum atomic E-state index is 13.0. The van der Waals surface area contributed by atoms with Gasteiger partial charge in [-0.1, -0.05) is 54.1 Å². The molecule has 27 heavy (non-hydrogen) atoms. The Kier molecular flexibility index (Phi) is 5.16. The van der Waals surface area contributed by atoms with Crippen molar-refractivity contribution in [2.75, 3.05) is 6.61 Å². The quantitative estimate of drug-likeness (QED) is 0.749. The van der Waals surface area contributed by atoms with E-state index in [1.54, 1.807) is 61.5 Å². The van der Waals surface area contributed by atoms with Crippen molar-refractivity contribution in [3.05, 3.63) is 70.7 Å². The molecule has 0 radical (unpaired) electrons. The molecule has 1 saturated heterocycles. The Morgan fingerprint density at radius 3 is 2.30 bits per heavy atom. The summed E-state index contributed by atoms with van der Waals surface area (Å²) in [5, 5.41) is 20.2. The van der Waals surface area contributed by atoms with E-state index in [-0.39, 0.29) is 6.61 Å². The molecule has 0 aliphatic carbocycles. The van der Waals surface area contributed by atoms with Crippen molar-refractivity contribution in [2.45, 2.75) is 24.4 Å². The van der Waals surface area contributed by atoms with Crippen molar-refractivity contribution in [1.82, 2.24) is 0 Å². The number of hydrogen-bond donors (Lipinski definition) is 0. The van der Waals surface area contributed by atoms with Crippen LogP contribution in [0.2, 0.25) is 5.02 Å². The van der Waals surface area contributed by atoms with Crippen LogP contribution in [0.5, 0.6) is 0 Å². The summed E-state index contributed by atoms with van der Waals surface area (Å²) in [5.74, 6) is -0.865. The van der Waals surface area contributed by atoms with Gasteiger partial charge in [-0.05, 0) is 19.1 Å². The number of benzene rings is 2. The fourth-order valence-electron chi connectivity index (χ4n) is 2.99. The van der Waals surface area contributed by atoms with Gasteiger partial charge in [-0.25, -0.2) is 4.79 Å². The highest BCUT2D eigenvalue weighted by Gasteiger charge is 2.70. The second kappa shape index (κ2) is 7.38. The van der Waals surface area contributed by atoms with Gasteiger partial charge in [0, 0.05) is 16.1 Å². The predicted octanol–water partition coefficient (Wildman–Crippen LogP) is 3.63. The van der Waals surface area contributed by atoms with Gasteiger partial charge in [-0.2, -0.15) is 10.5 Å². The zero-order valence-corrected chi connectivity index (χ0v) is 15.1. The van der Waals surface area contributed by atoms with E-state index in [9.17, 15) is 15.3 Å². The van der Waals surface area contributed by atoms with Crippen molar-refractivity contribution in [3.63, 3.8) is 0 Å². The Morgan fingerprint density at radius 2 is 1.74 bits per heavy atom. The zero-order chi connectivity index (χ0) is 19.5. The Balaban J connectivity index is 2.20. The highest BCUT2D eigenvalue weighted by atomic mass is 35.5. The number of hydrogen-bond acceptors (Lipinski definition) is 6. The molecule has 0 aromatic heterocycles. The fourth-order valence-corrected chi connectivity index (χ4v) is 3.11. The largest absolute Gasteiger partial charge is 0.463 e. The van der Waals surface area contributed by atoms with Gasteiger partial charge in [-0.3, -0.25) is 0 Å². The summed E-state index contributed by atoms with van der Waals surface area (Å²) >= 11 is 5.91. The summed E-state index contributed by atoms with van der Waals surface area (Å²) in [5.41, 5.74) is -3.48. The zero-order valence-electron chi connectivity index (χ0n) is 14.4. The molecule has 0 unspecified atom stereocenters. The first-order valence-corrected chi connectivity index (χ1v) is 8.57. The van der Waals surface area contributed by atoms with Crippen LogP contribution < -0.4 is 0 Å². The average Bonchev–Trinajstić information content (AvgIpc) is 3.06. The number of carbonyl (C=O) groups excluding carboxylic acids is 1. The number of nitrogens with zero attached hydrogens (tertiary/aromatic N) is 2. The summed E-state index contributed by atoms with van der Waals surface area (Å²) < 4.78 is 16.9. The third-order valence-electron chi connectivity index (χ3n) is 4.26. The summed E-state index contributed by atoms with van der Waals surface area (Å²) in [7, 11) is 0. The highest BCUT2D eigenvalue weighted by molar-refractivity contribution is 6.30. The molecular formula is C20H15ClN2O4. The van der Waals surface area contributed by atoms with E-state index < -0.39 is 23.5 Å². The maximum Gasteiger partial charge on any atom is 0.348 e. The molecule has 136 valence electrons. The summed E-state index contributed by atoms with van der Waals surface area (Å²) in [4.78, 5) is 13.0. The Hall–Kier alpha value is -2.90. The molecule has 0 amide bonds. The minimum Gasteiger partial charge on any atom is -0.463 e. The molecule has 2 aromatic carbocycles. The molecule has 1 aliphatic rings. The van der Waals surface area contributed by atoms with E-state index in [1.807, 2.05) is 12.1 Å². The molecule has 2 aromatic rings. The average molecular weight is 383 g/mol. The molecule has 6 nitrogen and oxygen atoms in total. The second-order valence-electron chi connectivity index (χ2n) is 5.79. The minimum atomic E-state index is -2.23. The lowest BCUT2D eigenvalue weighted by Crippen LogP contribution is -2.54. The lowest BCUT2D eigenvalue weighted by molar-refractivity contribution is -0.175. The van der Waals surface area contributed by atoms with Crippen LogP contribution in [0.4, 0.5) is 0 Å². The van der Waals surface area contributed by atoms with E-state index >= 15 is 0 Å². The first-order valence-electron chi connectivity index (χ1n) is 8.19. The third kappa shape index (κ3) is 2.94. The Morgan fingerprint density at radius 1 is 1.11 bits per heavy atom. The second-order valence-corrected chi connectivity index (χ2v) is 6.23. The number of ether oxygens (including phenoxy) is 3. The Labute approximate surface area is 161 Å². The van der Waals surface area contributed by atoms with Crippen LogP contribution in [0.1, 0.15) is 24.3 Å². The first-order chi connectivity index (χ1) is 13.0. The predicted molar refractivity (Wildman–Crippen MR) is 95.1 cm³/mol. The van der Waals surface area contributed by atoms with Crippen molar-refractivity contribution in [1.29, 1.82) is 10.5 Å². The SMILES string of the molecule is CCOC(=O)[C@@]1(c2ccccc2)O[C@H](c2ccc(Cl)cc2)OC1(C#N)C#N. The normalized spacial score (nSPS) is 23.2. The lowest BCUT2D eigenvalue weighted by Gasteiger charge is -2.31. The molecule has 3 rings (SSSR count). The van der Waals surface area contributed by atoms with Gasteiger partial charge in [0.25, 0.3) is 5.60 Å². The van der Waals surface area contributed by atoms with Crippen LogP contribution in [0.15, 0.2) is 54.6 Å². The van der Waals surface area contributed by atoms with Gasteiger partial charge >= 0.3 is 5.97 Å². The maximum absolute atomic E-state index is 13.0. The molecular weight excluding hydrogens is 368 g/mol. The monoisotopic (exact) mass is 382 g/mol. The van der Waals surface area contributed by atoms with Crippen molar-refractivity contribution in [3.8, 4) is 12.1 Å². The van der Waals surface area contributed by atoms with Gasteiger partial charge in [0.15, 0.2) is 6.29 Å². The van der Waals surface area contributed by atoms with Crippen LogP contribution in [0.25, 0.3) is 0 Å². The van der Waals surface area contributed by atoms with Crippen LogP contribution >= 0.6 is 11.6 Å². The molecule has 2 atom stereocenters. The van der Waals surface area contributed by atoms with Crippen molar-refractivity contribution >= 4 is 17.6 Å². The molecule has 1 heterocycles. The molecule has 1 fully saturated rings. The van der Waals surface area contributed by atoms with Gasteiger partial charge < -0.3 is 14.2 Å². The number of rotatable bonds is 4. The molecule has 7 heteroatoms. The number of nitriles is 2. The van der Waals surface area contributed by atoms with Crippen LogP contribution in [0, 0.1) is 22.7 Å². The van der Waals surface area contributed by atoms with Gasteiger partial charge in [-0.15, -0.1) is 0 Å². The standard InChI is InChI=1S/C20H15ClN2O4/c1-2-25-18(24)20(15-6-4-3-5-7-15)19(12-22,13-23)26-17(27-20)14-8-10-16(21)11-9-14/h3-11,17H,2H2,1H3/t17-,20-/m1/s1. The van der Waals surface area contributed by atoms with Gasteiger partial charge in [0.05, 0.1) is 6.61 Å². The van der Waals surface area contributed by atoms with Crippen LogP contribution in [-0.4, -0.2) is 18.2 Å². The van der Waals surface area contributed by atoms with E-state index in [4.69, 9.17) is 25.8 Å². The van der Waals surface area contributed by atoms with E-state index in [0.29, 0.717) is 16.1 Å². The highest BCUT2D eigenvalue weighted by Crippen LogP contribution is 2.51. The topological polar surface area (TPSA) is 92.3 Å². The van der Waals surface area contributed by atoms with Crippen LogP contribution in [0.3, 0.4) is 0 Å². The molecule has 1 aliphatic heterocycles. The number of halogens is 1. The smallest absolute Gasteiger partial charge is 0.348 e. The van der Waals surface area contributed by atoms with Crippen molar-refractivity contribution < 1.29 is 19.0 Å². The number of esters is 1. The summed E-state index contributed by atoms with van der Waals surface area (Å²) in [6.45, 7) is 1.68. The molecule has 0 bridgehead atoms. The molecule has 0 spiro atoms. The van der Waals surface area contributed by atoms with Crippen molar-refractivity contribution in [2.24, 2.45) is 0 Å².